The first-order valence-electron chi connectivity index (χ1n) is 7.96. The van der Waals surface area contributed by atoms with E-state index in [0.29, 0.717) is 5.92 Å². The Kier molecular flexibility index (Phi) is 5.41. The van der Waals surface area contributed by atoms with Gasteiger partial charge in [0.15, 0.2) is 0 Å². The van der Waals surface area contributed by atoms with E-state index >= 15 is 0 Å². The van der Waals surface area contributed by atoms with Crippen molar-refractivity contribution in [3.05, 3.63) is 23.9 Å². The fraction of sp³-hybridized carbons (Fsp3) is 0.706. The van der Waals surface area contributed by atoms with Crippen LogP contribution in [0.5, 0.6) is 0 Å². The van der Waals surface area contributed by atoms with Crippen molar-refractivity contribution in [2.75, 3.05) is 24.5 Å². The number of nitrogens with one attached hydrogen (secondary N) is 1. The molecule has 2 atom stereocenters. The van der Waals surface area contributed by atoms with E-state index in [0.717, 1.165) is 49.5 Å². The molecule has 112 valence electrons. The van der Waals surface area contributed by atoms with Gasteiger partial charge in [-0.25, -0.2) is 4.98 Å². The summed E-state index contributed by atoms with van der Waals surface area (Å²) >= 11 is 0. The van der Waals surface area contributed by atoms with Crippen LogP contribution in [0.3, 0.4) is 0 Å². The third-order valence-corrected chi connectivity index (χ3v) is 3.84. The molecule has 2 heterocycles. The molecule has 3 heteroatoms. The molecule has 0 spiro atoms. The standard InChI is InChI=1S/C17H29N3/c1-13(2)9-18-10-16-6-5-7-17(19-16)20-11-14(3)8-15(4)12-20/h5-7,13-15,18H,8-12H2,1-4H3. The summed E-state index contributed by atoms with van der Waals surface area (Å²) in [4.78, 5) is 7.27. The smallest absolute Gasteiger partial charge is 0.128 e. The lowest BCUT2D eigenvalue weighted by Crippen LogP contribution is -2.39. The van der Waals surface area contributed by atoms with Crippen LogP contribution in [0.15, 0.2) is 18.2 Å². The number of hydrogen-bond donors (Lipinski definition) is 1. The minimum atomic E-state index is 0.682. The Bertz CT molecular complexity index is 406. The molecule has 0 amide bonds. The second-order valence-electron chi connectivity index (χ2n) is 6.86. The molecule has 1 aliphatic rings. The van der Waals surface area contributed by atoms with Crippen molar-refractivity contribution in [1.82, 2.24) is 10.3 Å². The van der Waals surface area contributed by atoms with Crippen LogP contribution in [0.4, 0.5) is 5.82 Å². The highest BCUT2D eigenvalue weighted by Gasteiger charge is 2.22. The number of rotatable bonds is 5. The van der Waals surface area contributed by atoms with Gasteiger partial charge < -0.3 is 10.2 Å². The first-order chi connectivity index (χ1) is 9.54. The fourth-order valence-corrected chi connectivity index (χ4v) is 3.08. The normalized spacial score (nSPS) is 23.4. The zero-order valence-electron chi connectivity index (χ0n) is 13.4. The summed E-state index contributed by atoms with van der Waals surface area (Å²) in [5.74, 6) is 3.36. The molecule has 1 aliphatic heterocycles. The topological polar surface area (TPSA) is 28.2 Å². The highest BCUT2D eigenvalue weighted by Crippen LogP contribution is 2.25. The van der Waals surface area contributed by atoms with Gasteiger partial charge in [0, 0.05) is 19.6 Å². The van der Waals surface area contributed by atoms with Gasteiger partial charge in [-0.05, 0) is 42.9 Å². The molecule has 1 saturated heterocycles. The number of piperidine rings is 1. The monoisotopic (exact) mass is 275 g/mol. The maximum absolute atomic E-state index is 4.83. The predicted octanol–water partition coefficient (Wildman–Crippen LogP) is 3.31. The Morgan fingerprint density at radius 2 is 1.95 bits per heavy atom. The van der Waals surface area contributed by atoms with E-state index in [1.807, 2.05) is 0 Å². The van der Waals surface area contributed by atoms with Crippen molar-refractivity contribution in [2.24, 2.45) is 17.8 Å². The van der Waals surface area contributed by atoms with Crippen LogP contribution in [-0.4, -0.2) is 24.6 Å². The van der Waals surface area contributed by atoms with Gasteiger partial charge >= 0.3 is 0 Å². The van der Waals surface area contributed by atoms with Crippen molar-refractivity contribution in [3.8, 4) is 0 Å². The Balaban J connectivity index is 1.98. The molecular formula is C17H29N3. The summed E-state index contributed by atoms with van der Waals surface area (Å²) in [5.41, 5.74) is 1.15. The first kappa shape index (κ1) is 15.3. The summed E-state index contributed by atoms with van der Waals surface area (Å²) < 4.78 is 0. The molecule has 0 bridgehead atoms. The maximum Gasteiger partial charge on any atom is 0.128 e. The number of nitrogens with zero attached hydrogens (tertiary/aromatic N) is 2. The Labute approximate surface area is 123 Å². The summed E-state index contributed by atoms with van der Waals surface area (Å²) in [5, 5.41) is 3.47. The molecule has 1 aromatic heterocycles. The lowest BCUT2D eigenvalue weighted by atomic mass is 9.92. The zero-order valence-corrected chi connectivity index (χ0v) is 13.4. The second kappa shape index (κ2) is 7.07. The van der Waals surface area contributed by atoms with Crippen molar-refractivity contribution < 1.29 is 0 Å². The molecule has 2 rings (SSSR count). The van der Waals surface area contributed by atoms with Gasteiger partial charge in [0.2, 0.25) is 0 Å². The van der Waals surface area contributed by atoms with E-state index < -0.39 is 0 Å². The molecule has 1 aromatic rings. The number of hydrogen-bond acceptors (Lipinski definition) is 3. The molecular weight excluding hydrogens is 246 g/mol. The summed E-state index contributed by atoms with van der Waals surface area (Å²) in [7, 11) is 0. The average molecular weight is 275 g/mol. The second-order valence-corrected chi connectivity index (χ2v) is 6.86. The van der Waals surface area contributed by atoms with Crippen LogP contribution in [0.2, 0.25) is 0 Å². The Hall–Kier alpha value is -1.09. The van der Waals surface area contributed by atoms with Crippen molar-refractivity contribution in [2.45, 2.75) is 40.7 Å². The molecule has 0 saturated carbocycles. The lowest BCUT2D eigenvalue weighted by molar-refractivity contribution is 0.355. The minimum absolute atomic E-state index is 0.682. The Morgan fingerprint density at radius 1 is 1.25 bits per heavy atom. The van der Waals surface area contributed by atoms with Crippen molar-refractivity contribution in [3.63, 3.8) is 0 Å². The van der Waals surface area contributed by atoms with Crippen LogP contribution in [-0.2, 0) is 6.54 Å². The van der Waals surface area contributed by atoms with E-state index in [1.54, 1.807) is 0 Å². The molecule has 3 nitrogen and oxygen atoms in total. The van der Waals surface area contributed by atoms with Gasteiger partial charge in [0.25, 0.3) is 0 Å². The largest absolute Gasteiger partial charge is 0.356 e. The quantitative estimate of drug-likeness (QED) is 0.893. The fourth-order valence-electron chi connectivity index (χ4n) is 3.08. The number of anilines is 1. The van der Waals surface area contributed by atoms with Gasteiger partial charge in [0.05, 0.1) is 5.69 Å². The van der Waals surface area contributed by atoms with E-state index in [1.165, 1.54) is 6.42 Å². The third kappa shape index (κ3) is 4.48. The van der Waals surface area contributed by atoms with E-state index in [-0.39, 0.29) is 0 Å². The third-order valence-electron chi connectivity index (χ3n) is 3.84. The van der Waals surface area contributed by atoms with Crippen molar-refractivity contribution in [1.29, 1.82) is 0 Å². The maximum atomic E-state index is 4.83. The highest BCUT2D eigenvalue weighted by atomic mass is 15.2. The molecule has 1 N–H and O–H groups in total. The van der Waals surface area contributed by atoms with Crippen LogP contribution < -0.4 is 10.2 Å². The van der Waals surface area contributed by atoms with Gasteiger partial charge in [-0.15, -0.1) is 0 Å². The molecule has 0 radical (unpaired) electrons. The van der Waals surface area contributed by atoms with Crippen LogP contribution >= 0.6 is 0 Å². The molecule has 2 unspecified atom stereocenters. The van der Waals surface area contributed by atoms with Crippen LogP contribution in [0.25, 0.3) is 0 Å². The summed E-state index contributed by atoms with van der Waals surface area (Å²) in [6, 6.07) is 6.41. The average Bonchev–Trinajstić information content (AvgIpc) is 2.37. The van der Waals surface area contributed by atoms with Gasteiger partial charge in [-0.3, -0.25) is 0 Å². The van der Waals surface area contributed by atoms with Crippen molar-refractivity contribution >= 4 is 5.82 Å². The summed E-state index contributed by atoms with van der Waals surface area (Å²) in [6.45, 7) is 13.3. The number of pyridine rings is 1. The van der Waals surface area contributed by atoms with Gasteiger partial charge in [0.1, 0.15) is 5.82 Å². The predicted molar refractivity (Wildman–Crippen MR) is 85.9 cm³/mol. The summed E-state index contributed by atoms with van der Waals surface area (Å²) in [6.07, 6.45) is 1.34. The highest BCUT2D eigenvalue weighted by molar-refractivity contribution is 5.40. The van der Waals surface area contributed by atoms with Crippen LogP contribution in [0.1, 0.15) is 39.8 Å². The SMILES string of the molecule is CC(C)CNCc1cccc(N2CC(C)CC(C)C2)n1. The molecule has 0 aromatic carbocycles. The first-order valence-corrected chi connectivity index (χ1v) is 7.96. The van der Waals surface area contributed by atoms with E-state index in [4.69, 9.17) is 4.98 Å². The molecule has 20 heavy (non-hydrogen) atoms. The molecule has 1 fully saturated rings. The number of aromatic nitrogens is 1. The van der Waals surface area contributed by atoms with Gasteiger partial charge in [-0.1, -0.05) is 33.8 Å². The van der Waals surface area contributed by atoms with Crippen LogP contribution in [0, 0.1) is 17.8 Å². The Morgan fingerprint density at radius 3 is 2.60 bits per heavy atom. The molecule has 0 aliphatic carbocycles. The van der Waals surface area contributed by atoms with Gasteiger partial charge in [-0.2, -0.15) is 0 Å². The van der Waals surface area contributed by atoms with E-state index in [9.17, 15) is 0 Å². The van der Waals surface area contributed by atoms with E-state index in [2.05, 4.69) is 56.1 Å². The zero-order chi connectivity index (χ0) is 14.5. The minimum Gasteiger partial charge on any atom is -0.356 e. The lowest BCUT2D eigenvalue weighted by Gasteiger charge is -2.36.